The third kappa shape index (κ3) is 2.46. The lowest BCUT2D eigenvalue weighted by molar-refractivity contribution is 0.475. The lowest BCUT2D eigenvalue weighted by Crippen LogP contribution is -2.32. The van der Waals surface area contributed by atoms with Crippen LogP contribution < -0.4 is 11.2 Å². The molecule has 1 aromatic heterocycles. The van der Waals surface area contributed by atoms with E-state index >= 15 is 0 Å². The van der Waals surface area contributed by atoms with Gasteiger partial charge >= 0.3 is 5.69 Å². The average Bonchev–Trinajstić information content (AvgIpc) is 2.49. The second-order valence-electron chi connectivity index (χ2n) is 4.43. The van der Waals surface area contributed by atoms with E-state index in [0.29, 0.717) is 16.5 Å². The Morgan fingerprint density at radius 1 is 1.05 bits per heavy atom. The van der Waals surface area contributed by atoms with Crippen molar-refractivity contribution >= 4 is 17.1 Å². The van der Waals surface area contributed by atoms with Crippen molar-refractivity contribution in [3.8, 4) is 5.75 Å². The topological polar surface area (TPSA) is 87.5 Å². The first-order valence-corrected chi connectivity index (χ1v) is 6.22. The van der Waals surface area contributed by atoms with Crippen LogP contribution in [-0.4, -0.2) is 21.0 Å². The van der Waals surface area contributed by atoms with Crippen molar-refractivity contribution in [1.82, 2.24) is 9.66 Å². The van der Waals surface area contributed by atoms with Gasteiger partial charge in [0.15, 0.2) is 0 Å². The highest BCUT2D eigenvalue weighted by Gasteiger charge is 2.05. The van der Waals surface area contributed by atoms with Gasteiger partial charge in [-0.2, -0.15) is 5.10 Å². The maximum Gasteiger partial charge on any atom is 0.349 e. The number of nitrogens with one attached hydrogen (secondary N) is 1. The van der Waals surface area contributed by atoms with E-state index in [4.69, 9.17) is 0 Å². The number of phenols is 1. The molecule has 0 aliphatic heterocycles. The third-order valence-electron chi connectivity index (χ3n) is 3.00. The fourth-order valence-corrected chi connectivity index (χ4v) is 1.94. The number of rotatable bonds is 2. The normalized spacial score (nSPS) is 11.2. The van der Waals surface area contributed by atoms with Crippen LogP contribution in [0.1, 0.15) is 5.56 Å². The molecule has 0 aliphatic rings. The number of fused-ring (bicyclic) bond motifs is 1. The number of para-hydroxylation sites is 1. The highest BCUT2D eigenvalue weighted by atomic mass is 16.3. The molecule has 2 aromatic carbocycles. The molecule has 2 N–H and O–H groups in total. The molecule has 0 radical (unpaired) electrons. The minimum atomic E-state index is -0.603. The standard InChI is InChI=1S/C15H11N3O3/c19-11-7-5-10(6-8-11)9-16-18-14(20)12-3-1-2-4-13(12)17-15(18)21/h1-9,19H,(H,17,21)/b16-9+. The number of H-pyrrole nitrogens is 1. The molecule has 0 spiro atoms. The van der Waals surface area contributed by atoms with Gasteiger partial charge in [-0.1, -0.05) is 12.1 Å². The van der Waals surface area contributed by atoms with Crippen LogP contribution >= 0.6 is 0 Å². The van der Waals surface area contributed by atoms with Crippen LogP contribution in [0.4, 0.5) is 0 Å². The molecular formula is C15H11N3O3. The molecule has 21 heavy (non-hydrogen) atoms. The van der Waals surface area contributed by atoms with E-state index in [0.717, 1.165) is 4.68 Å². The van der Waals surface area contributed by atoms with Crippen LogP contribution in [-0.2, 0) is 0 Å². The number of hydrogen-bond acceptors (Lipinski definition) is 4. The van der Waals surface area contributed by atoms with Gasteiger partial charge in [0.2, 0.25) is 0 Å². The van der Waals surface area contributed by atoms with Crippen LogP contribution in [0.15, 0.2) is 63.2 Å². The van der Waals surface area contributed by atoms with E-state index < -0.39 is 11.2 Å². The number of aromatic hydroxyl groups is 1. The second-order valence-corrected chi connectivity index (χ2v) is 4.43. The van der Waals surface area contributed by atoms with Crippen LogP contribution in [0.5, 0.6) is 5.75 Å². The first-order valence-electron chi connectivity index (χ1n) is 6.22. The Balaban J connectivity index is 2.10. The predicted octanol–water partition coefficient (Wildman–Crippen LogP) is 1.28. The molecule has 0 atom stereocenters. The zero-order chi connectivity index (χ0) is 14.8. The Kier molecular flexibility index (Phi) is 3.12. The Morgan fingerprint density at radius 2 is 1.76 bits per heavy atom. The first-order chi connectivity index (χ1) is 10.1. The van der Waals surface area contributed by atoms with E-state index in [1.807, 2.05) is 0 Å². The van der Waals surface area contributed by atoms with Crippen LogP contribution in [0.2, 0.25) is 0 Å². The van der Waals surface area contributed by atoms with Crippen molar-refractivity contribution in [2.75, 3.05) is 0 Å². The van der Waals surface area contributed by atoms with E-state index in [1.54, 1.807) is 36.4 Å². The summed E-state index contributed by atoms with van der Waals surface area (Å²) in [6.07, 6.45) is 1.38. The summed E-state index contributed by atoms with van der Waals surface area (Å²) in [5, 5.41) is 13.5. The largest absolute Gasteiger partial charge is 0.508 e. The number of hydrogen-bond donors (Lipinski definition) is 2. The number of benzene rings is 2. The molecule has 0 amide bonds. The summed E-state index contributed by atoms with van der Waals surface area (Å²) in [6.45, 7) is 0. The molecule has 6 nitrogen and oxygen atoms in total. The monoisotopic (exact) mass is 281 g/mol. The van der Waals surface area contributed by atoms with Gasteiger partial charge in [-0.15, -0.1) is 4.68 Å². The smallest absolute Gasteiger partial charge is 0.349 e. The quantitative estimate of drug-likeness (QED) is 0.693. The molecule has 1 heterocycles. The van der Waals surface area contributed by atoms with Crippen LogP contribution in [0, 0.1) is 0 Å². The predicted molar refractivity (Wildman–Crippen MR) is 79.9 cm³/mol. The minimum absolute atomic E-state index is 0.132. The lowest BCUT2D eigenvalue weighted by atomic mass is 10.2. The van der Waals surface area contributed by atoms with Crippen molar-refractivity contribution in [2.24, 2.45) is 5.10 Å². The third-order valence-corrected chi connectivity index (χ3v) is 3.00. The van der Waals surface area contributed by atoms with E-state index in [9.17, 15) is 14.7 Å². The first kappa shape index (κ1) is 12.9. The average molecular weight is 281 g/mol. The van der Waals surface area contributed by atoms with Crippen LogP contribution in [0.3, 0.4) is 0 Å². The summed E-state index contributed by atoms with van der Waals surface area (Å²) in [7, 11) is 0. The van der Waals surface area contributed by atoms with Gasteiger partial charge in [0.25, 0.3) is 5.56 Å². The van der Waals surface area contributed by atoms with Crippen molar-refractivity contribution in [2.45, 2.75) is 0 Å². The summed E-state index contributed by atoms with van der Waals surface area (Å²) in [5.74, 6) is 0.132. The molecule has 6 heteroatoms. The van der Waals surface area contributed by atoms with Crippen LogP contribution in [0.25, 0.3) is 10.9 Å². The summed E-state index contributed by atoms with van der Waals surface area (Å²) < 4.78 is 0.773. The molecular weight excluding hydrogens is 270 g/mol. The second kappa shape index (κ2) is 5.09. The van der Waals surface area contributed by atoms with Gasteiger partial charge in [0.05, 0.1) is 17.1 Å². The van der Waals surface area contributed by atoms with E-state index in [2.05, 4.69) is 10.1 Å². The molecule has 0 aliphatic carbocycles. The summed E-state index contributed by atoms with van der Waals surface area (Å²) in [5.41, 5.74) is 0.0500. The highest BCUT2D eigenvalue weighted by Crippen LogP contribution is 2.08. The van der Waals surface area contributed by atoms with Gasteiger partial charge < -0.3 is 10.1 Å². The molecule has 3 aromatic rings. The Hall–Kier alpha value is -3.15. The van der Waals surface area contributed by atoms with Gasteiger partial charge in [-0.05, 0) is 42.0 Å². The zero-order valence-electron chi connectivity index (χ0n) is 10.9. The SMILES string of the molecule is O=c1[nH]c2ccccc2c(=O)n1/N=C/c1ccc(O)cc1. The number of nitrogens with zero attached hydrogens (tertiary/aromatic N) is 2. The van der Waals surface area contributed by atoms with E-state index in [1.165, 1.54) is 18.3 Å². The molecule has 0 saturated heterocycles. The molecule has 0 unspecified atom stereocenters. The zero-order valence-corrected chi connectivity index (χ0v) is 10.9. The number of aromatic amines is 1. The Morgan fingerprint density at radius 3 is 2.52 bits per heavy atom. The van der Waals surface area contributed by atoms with Gasteiger partial charge in [0, 0.05) is 0 Å². The van der Waals surface area contributed by atoms with Gasteiger partial charge in [-0.25, -0.2) is 4.79 Å². The minimum Gasteiger partial charge on any atom is -0.508 e. The lowest BCUT2D eigenvalue weighted by Gasteiger charge is -2.00. The fourth-order valence-electron chi connectivity index (χ4n) is 1.94. The Labute approximate surface area is 118 Å². The number of aromatic nitrogens is 2. The number of phenolic OH excluding ortho intramolecular Hbond substituents is 1. The van der Waals surface area contributed by atoms with Gasteiger partial charge in [0.1, 0.15) is 5.75 Å². The summed E-state index contributed by atoms with van der Waals surface area (Å²) in [4.78, 5) is 26.7. The molecule has 0 fully saturated rings. The van der Waals surface area contributed by atoms with E-state index in [-0.39, 0.29) is 5.75 Å². The highest BCUT2D eigenvalue weighted by molar-refractivity contribution is 5.80. The maximum absolute atomic E-state index is 12.2. The molecule has 104 valence electrons. The maximum atomic E-state index is 12.2. The molecule has 0 bridgehead atoms. The van der Waals surface area contributed by atoms with Crippen molar-refractivity contribution < 1.29 is 5.11 Å². The summed E-state index contributed by atoms with van der Waals surface area (Å²) >= 11 is 0. The van der Waals surface area contributed by atoms with Crippen molar-refractivity contribution in [1.29, 1.82) is 0 Å². The fraction of sp³-hybridized carbons (Fsp3) is 0. The summed E-state index contributed by atoms with van der Waals surface area (Å²) in [6, 6.07) is 13.0. The van der Waals surface area contributed by atoms with Gasteiger partial charge in [-0.3, -0.25) is 4.79 Å². The van der Waals surface area contributed by atoms with Crippen molar-refractivity contribution in [3.63, 3.8) is 0 Å². The van der Waals surface area contributed by atoms with Crippen molar-refractivity contribution in [3.05, 3.63) is 74.9 Å². The molecule has 0 saturated carbocycles. The molecule has 3 rings (SSSR count). The Bertz CT molecular complexity index is 937.